The highest BCUT2D eigenvalue weighted by molar-refractivity contribution is 9.10. The summed E-state index contributed by atoms with van der Waals surface area (Å²) in [6.45, 7) is 2.76. The van der Waals surface area contributed by atoms with E-state index in [1.165, 1.54) is 5.56 Å². The van der Waals surface area contributed by atoms with Crippen molar-refractivity contribution in [3.05, 3.63) is 28.5 Å². The molecule has 0 amide bonds. The molecule has 0 aliphatic rings. The summed E-state index contributed by atoms with van der Waals surface area (Å²) in [5.41, 5.74) is 6.69. The zero-order valence-corrected chi connectivity index (χ0v) is 8.01. The number of nitrogens with two attached hydrogens (primary N) is 1. The van der Waals surface area contributed by atoms with Crippen LogP contribution in [0.2, 0.25) is 0 Å². The molecule has 0 fully saturated rings. The first-order chi connectivity index (χ1) is 5.24. The van der Waals surface area contributed by atoms with Crippen LogP contribution in [0, 0.1) is 0 Å². The Labute approximate surface area is 75.0 Å². The molecule has 0 saturated carbocycles. The third-order valence-electron chi connectivity index (χ3n) is 1.67. The smallest absolute Gasteiger partial charge is 0.106 e. The van der Waals surface area contributed by atoms with Crippen LogP contribution < -0.4 is 5.73 Å². The van der Waals surface area contributed by atoms with Crippen molar-refractivity contribution in [2.45, 2.75) is 12.8 Å². The minimum absolute atomic E-state index is 0.399. The maximum absolute atomic E-state index is 5.50. The normalized spacial score (nSPS) is 13.0. The van der Waals surface area contributed by atoms with Crippen molar-refractivity contribution in [1.82, 2.24) is 4.98 Å². The second-order valence-corrected chi connectivity index (χ2v) is 3.36. The van der Waals surface area contributed by atoms with Gasteiger partial charge in [-0.3, -0.25) is 0 Å². The van der Waals surface area contributed by atoms with Gasteiger partial charge in [0.05, 0.1) is 0 Å². The Balaban J connectivity index is 2.81. The van der Waals surface area contributed by atoms with Gasteiger partial charge in [0.15, 0.2) is 0 Å². The maximum Gasteiger partial charge on any atom is 0.106 e. The molecule has 0 aromatic carbocycles. The van der Waals surface area contributed by atoms with Crippen LogP contribution >= 0.6 is 15.9 Å². The zero-order valence-electron chi connectivity index (χ0n) is 6.42. The number of aromatic nitrogens is 1. The largest absolute Gasteiger partial charge is 0.330 e. The van der Waals surface area contributed by atoms with Crippen LogP contribution in [-0.4, -0.2) is 11.5 Å². The fraction of sp³-hybridized carbons (Fsp3) is 0.375. The first kappa shape index (κ1) is 8.68. The summed E-state index contributed by atoms with van der Waals surface area (Å²) >= 11 is 3.27. The van der Waals surface area contributed by atoms with Gasteiger partial charge in [0.2, 0.25) is 0 Å². The van der Waals surface area contributed by atoms with Gasteiger partial charge in [0.25, 0.3) is 0 Å². The van der Waals surface area contributed by atoms with Gasteiger partial charge in [-0.25, -0.2) is 4.98 Å². The Bertz CT molecular complexity index is 220. The molecule has 1 rings (SSSR count). The highest BCUT2D eigenvalue weighted by Crippen LogP contribution is 2.14. The van der Waals surface area contributed by atoms with Crippen LogP contribution in [0.5, 0.6) is 0 Å². The van der Waals surface area contributed by atoms with E-state index in [1.807, 2.05) is 18.3 Å². The molecule has 1 aromatic heterocycles. The topological polar surface area (TPSA) is 38.9 Å². The van der Waals surface area contributed by atoms with Crippen LogP contribution in [0.1, 0.15) is 18.4 Å². The number of rotatable bonds is 2. The summed E-state index contributed by atoms with van der Waals surface area (Å²) in [5.74, 6) is 0.399. The zero-order chi connectivity index (χ0) is 8.27. The van der Waals surface area contributed by atoms with E-state index in [0.717, 1.165) is 4.60 Å². The van der Waals surface area contributed by atoms with Gasteiger partial charge in [-0.1, -0.05) is 13.0 Å². The third kappa shape index (κ3) is 2.27. The summed E-state index contributed by atoms with van der Waals surface area (Å²) in [4.78, 5) is 4.11. The lowest BCUT2D eigenvalue weighted by Gasteiger charge is -2.06. The van der Waals surface area contributed by atoms with Crippen molar-refractivity contribution >= 4 is 15.9 Å². The van der Waals surface area contributed by atoms with Gasteiger partial charge in [0.1, 0.15) is 4.60 Å². The second kappa shape index (κ2) is 3.83. The van der Waals surface area contributed by atoms with Crippen LogP contribution in [0.25, 0.3) is 0 Å². The molecule has 0 radical (unpaired) electrons. The lowest BCUT2D eigenvalue weighted by Crippen LogP contribution is -2.08. The maximum atomic E-state index is 5.50. The molecular formula is C8H11BrN2. The van der Waals surface area contributed by atoms with Crippen molar-refractivity contribution < 1.29 is 0 Å². The second-order valence-electron chi connectivity index (χ2n) is 2.55. The lowest BCUT2D eigenvalue weighted by atomic mass is 10.0. The van der Waals surface area contributed by atoms with Crippen molar-refractivity contribution in [1.29, 1.82) is 0 Å². The standard InChI is InChI=1S/C8H11BrN2/c1-6(4-10)7-2-3-8(9)11-5-7/h2-3,5-6H,4,10H2,1H3. The predicted octanol–water partition coefficient (Wildman–Crippen LogP) is 1.91. The molecule has 11 heavy (non-hydrogen) atoms. The van der Waals surface area contributed by atoms with E-state index in [9.17, 15) is 0 Å². The fourth-order valence-corrected chi connectivity index (χ4v) is 1.05. The number of hydrogen-bond donors (Lipinski definition) is 1. The molecule has 0 spiro atoms. The summed E-state index contributed by atoms with van der Waals surface area (Å²) in [6, 6.07) is 3.97. The van der Waals surface area contributed by atoms with Gasteiger partial charge in [-0.2, -0.15) is 0 Å². The van der Waals surface area contributed by atoms with E-state index in [1.54, 1.807) is 0 Å². The Morgan fingerprint density at radius 2 is 2.36 bits per heavy atom. The van der Waals surface area contributed by atoms with Gasteiger partial charge in [-0.05, 0) is 40.0 Å². The average molecular weight is 215 g/mol. The fourth-order valence-electron chi connectivity index (χ4n) is 0.815. The van der Waals surface area contributed by atoms with Crippen LogP contribution in [0.4, 0.5) is 0 Å². The number of pyridine rings is 1. The SMILES string of the molecule is CC(CN)c1ccc(Br)nc1. The first-order valence-electron chi connectivity index (χ1n) is 3.55. The Kier molecular flexibility index (Phi) is 3.02. The number of nitrogens with zero attached hydrogens (tertiary/aromatic N) is 1. The monoisotopic (exact) mass is 214 g/mol. The number of halogens is 1. The summed E-state index contributed by atoms with van der Waals surface area (Å²) in [5, 5.41) is 0. The molecule has 0 aliphatic heterocycles. The molecular weight excluding hydrogens is 204 g/mol. The van der Waals surface area contributed by atoms with E-state index in [0.29, 0.717) is 12.5 Å². The lowest BCUT2D eigenvalue weighted by molar-refractivity contribution is 0.768. The summed E-state index contributed by atoms with van der Waals surface area (Å²) < 4.78 is 0.866. The predicted molar refractivity (Wildman–Crippen MR) is 49.4 cm³/mol. The molecule has 0 aliphatic carbocycles. The van der Waals surface area contributed by atoms with Crippen molar-refractivity contribution in [3.63, 3.8) is 0 Å². The summed E-state index contributed by atoms with van der Waals surface area (Å²) in [7, 11) is 0. The van der Waals surface area contributed by atoms with E-state index in [-0.39, 0.29) is 0 Å². The van der Waals surface area contributed by atoms with Gasteiger partial charge in [-0.15, -0.1) is 0 Å². The van der Waals surface area contributed by atoms with E-state index >= 15 is 0 Å². The third-order valence-corrected chi connectivity index (χ3v) is 2.14. The van der Waals surface area contributed by atoms with E-state index in [4.69, 9.17) is 5.73 Å². The van der Waals surface area contributed by atoms with Gasteiger partial charge >= 0.3 is 0 Å². The Morgan fingerprint density at radius 3 is 2.82 bits per heavy atom. The molecule has 1 atom stereocenters. The first-order valence-corrected chi connectivity index (χ1v) is 4.35. The molecule has 2 N–H and O–H groups in total. The minimum atomic E-state index is 0.399. The molecule has 0 saturated heterocycles. The molecule has 1 heterocycles. The molecule has 1 aromatic rings. The van der Waals surface area contributed by atoms with Gasteiger partial charge < -0.3 is 5.73 Å². The molecule has 3 heteroatoms. The summed E-state index contributed by atoms with van der Waals surface area (Å²) in [6.07, 6.45) is 1.85. The van der Waals surface area contributed by atoms with Crippen LogP contribution in [0.3, 0.4) is 0 Å². The quantitative estimate of drug-likeness (QED) is 0.765. The van der Waals surface area contributed by atoms with Crippen molar-refractivity contribution in [3.8, 4) is 0 Å². The van der Waals surface area contributed by atoms with Crippen molar-refractivity contribution in [2.75, 3.05) is 6.54 Å². The van der Waals surface area contributed by atoms with Crippen LogP contribution in [0.15, 0.2) is 22.9 Å². The highest BCUT2D eigenvalue weighted by atomic mass is 79.9. The van der Waals surface area contributed by atoms with Crippen LogP contribution in [-0.2, 0) is 0 Å². The van der Waals surface area contributed by atoms with E-state index < -0.39 is 0 Å². The molecule has 2 nitrogen and oxygen atoms in total. The highest BCUT2D eigenvalue weighted by Gasteiger charge is 2.01. The molecule has 1 unspecified atom stereocenters. The van der Waals surface area contributed by atoms with Crippen molar-refractivity contribution in [2.24, 2.45) is 5.73 Å². The average Bonchev–Trinajstić information content (AvgIpc) is 2.05. The minimum Gasteiger partial charge on any atom is -0.330 e. The Morgan fingerprint density at radius 1 is 1.64 bits per heavy atom. The molecule has 0 bridgehead atoms. The number of hydrogen-bond acceptors (Lipinski definition) is 2. The molecule has 60 valence electrons. The van der Waals surface area contributed by atoms with Gasteiger partial charge in [0, 0.05) is 6.20 Å². The Hall–Kier alpha value is -0.410. The van der Waals surface area contributed by atoms with E-state index in [2.05, 4.69) is 27.8 Å².